The zero-order chi connectivity index (χ0) is 17.5. The second-order valence-corrected chi connectivity index (χ2v) is 7.02. The molecule has 1 aliphatic carbocycles. The van der Waals surface area contributed by atoms with Gasteiger partial charge in [0.05, 0.1) is 12.0 Å². The van der Waals surface area contributed by atoms with Gasteiger partial charge in [-0.05, 0) is 25.7 Å². The first kappa shape index (κ1) is 15.3. The minimum absolute atomic E-state index is 0.0664. The highest BCUT2D eigenvalue weighted by Crippen LogP contribution is 2.38. The van der Waals surface area contributed by atoms with E-state index in [1.54, 1.807) is 12.4 Å². The van der Waals surface area contributed by atoms with Gasteiger partial charge in [-0.1, -0.05) is 0 Å². The molecule has 5 rings (SSSR count). The minimum atomic E-state index is -0.0664. The number of rotatable bonds is 4. The van der Waals surface area contributed by atoms with Crippen LogP contribution in [0.15, 0.2) is 23.5 Å². The number of anilines is 2. The zero-order valence-corrected chi connectivity index (χ0v) is 14.3. The molecule has 3 aromatic heterocycles. The molecule has 1 saturated carbocycles. The second kappa shape index (κ2) is 6.08. The molecule has 0 spiro atoms. The Morgan fingerprint density at radius 1 is 1.15 bits per heavy atom. The van der Waals surface area contributed by atoms with Gasteiger partial charge in [0.25, 0.3) is 5.56 Å². The second-order valence-electron chi connectivity index (χ2n) is 7.02. The fourth-order valence-corrected chi connectivity index (χ4v) is 3.80. The normalized spacial score (nSPS) is 22.5. The molecule has 9 nitrogen and oxygen atoms in total. The maximum absolute atomic E-state index is 12.0. The predicted octanol–water partition coefficient (Wildman–Crippen LogP) is 1.39. The molecule has 0 aromatic carbocycles. The van der Waals surface area contributed by atoms with Crippen LogP contribution in [0, 0.1) is 0 Å². The van der Waals surface area contributed by atoms with E-state index in [0.29, 0.717) is 17.6 Å². The number of nitrogens with zero attached hydrogens (tertiary/aromatic N) is 5. The van der Waals surface area contributed by atoms with Crippen molar-refractivity contribution in [2.45, 2.75) is 37.6 Å². The lowest BCUT2D eigenvalue weighted by Crippen LogP contribution is -2.36. The third-order valence-electron chi connectivity index (χ3n) is 5.27. The van der Waals surface area contributed by atoms with E-state index in [1.165, 1.54) is 6.33 Å². The Morgan fingerprint density at radius 3 is 2.85 bits per heavy atom. The first-order chi connectivity index (χ1) is 12.8. The van der Waals surface area contributed by atoms with Crippen LogP contribution in [0.4, 0.5) is 11.8 Å². The molecule has 3 N–H and O–H groups in total. The fraction of sp³-hybridized carbons (Fsp3) is 0.471. The third kappa shape index (κ3) is 2.69. The molecule has 0 amide bonds. The molecule has 1 saturated heterocycles. The van der Waals surface area contributed by atoms with Crippen molar-refractivity contribution in [3.8, 4) is 0 Å². The summed E-state index contributed by atoms with van der Waals surface area (Å²) in [7, 11) is 0. The quantitative estimate of drug-likeness (QED) is 0.650. The van der Waals surface area contributed by atoms with Crippen molar-refractivity contribution in [2.75, 3.05) is 23.3 Å². The van der Waals surface area contributed by atoms with Crippen molar-refractivity contribution in [3.63, 3.8) is 0 Å². The average molecular weight is 352 g/mol. The van der Waals surface area contributed by atoms with Crippen LogP contribution in [0.2, 0.25) is 0 Å². The lowest BCUT2D eigenvalue weighted by molar-refractivity contribution is 0.366. The highest BCUT2D eigenvalue weighted by molar-refractivity contribution is 5.82. The number of aromatic amines is 2. The van der Waals surface area contributed by atoms with Crippen LogP contribution in [-0.2, 0) is 0 Å². The molecule has 26 heavy (non-hydrogen) atoms. The van der Waals surface area contributed by atoms with Gasteiger partial charge < -0.3 is 15.2 Å². The summed E-state index contributed by atoms with van der Waals surface area (Å²) in [5.41, 5.74) is 2.30. The number of nitrogens with one attached hydrogen (secondary N) is 3. The maximum Gasteiger partial charge on any atom is 0.252 e. The van der Waals surface area contributed by atoms with Crippen LogP contribution in [0.5, 0.6) is 0 Å². The van der Waals surface area contributed by atoms with E-state index in [9.17, 15) is 4.79 Å². The van der Waals surface area contributed by atoms with Crippen LogP contribution in [0.25, 0.3) is 11.2 Å². The molecule has 2 fully saturated rings. The number of hydrogen-bond acceptors (Lipinski definition) is 7. The van der Waals surface area contributed by atoms with Crippen LogP contribution in [0.3, 0.4) is 0 Å². The number of imidazole rings is 1. The van der Waals surface area contributed by atoms with E-state index in [-0.39, 0.29) is 5.56 Å². The van der Waals surface area contributed by atoms with Crippen molar-refractivity contribution >= 4 is 22.9 Å². The Hall–Kier alpha value is -2.97. The first-order valence-corrected chi connectivity index (χ1v) is 9.03. The lowest BCUT2D eigenvalue weighted by Gasteiger charge is -2.36. The minimum Gasteiger partial charge on any atom is -0.365 e. The van der Waals surface area contributed by atoms with E-state index in [0.717, 1.165) is 61.7 Å². The Balaban J connectivity index is 1.29. The molecule has 0 bridgehead atoms. The number of fused-ring (bicyclic) bond motifs is 1. The summed E-state index contributed by atoms with van der Waals surface area (Å²) < 4.78 is 0. The van der Waals surface area contributed by atoms with Gasteiger partial charge in [-0.15, -0.1) is 0 Å². The molecule has 9 heteroatoms. The monoisotopic (exact) mass is 352 g/mol. The summed E-state index contributed by atoms with van der Waals surface area (Å²) in [6.45, 7) is 1.93. The lowest BCUT2D eigenvalue weighted by atomic mass is 9.78. The average Bonchev–Trinajstić information content (AvgIpc) is 3.28. The van der Waals surface area contributed by atoms with E-state index >= 15 is 0 Å². The van der Waals surface area contributed by atoms with Gasteiger partial charge >= 0.3 is 0 Å². The molecule has 4 heterocycles. The predicted molar refractivity (Wildman–Crippen MR) is 97.4 cm³/mol. The summed E-state index contributed by atoms with van der Waals surface area (Å²) in [4.78, 5) is 37.5. The zero-order valence-electron chi connectivity index (χ0n) is 14.3. The number of H-pyrrole nitrogens is 2. The van der Waals surface area contributed by atoms with E-state index in [2.05, 4.69) is 35.1 Å². The van der Waals surface area contributed by atoms with Gasteiger partial charge in [-0.2, -0.15) is 0 Å². The van der Waals surface area contributed by atoms with Crippen LogP contribution >= 0.6 is 0 Å². The van der Waals surface area contributed by atoms with Gasteiger partial charge in [0.2, 0.25) is 5.95 Å². The Kier molecular flexibility index (Phi) is 3.58. The van der Waals surface area contributed by atoms with Gasteiger partial charge in [0, 0.05) is 31.1 Å². The van der Waals surface area contributed by atoms with Crippen molar-refractivity contribution in [2.24, 2.45) is 0 Å². The van der Waals surface area contributed by atoms with Gasteiger partial charge in [0.1, 0.15) is 11.8 Å². The van der Waals surface area contributed by atoms with Crippen LogP contribution < -0.4 is 15.8 Å². The molecule has 0 atom stereocenters. The number of hydrogen-bond donors (Lipinski definition) is 3. The SMILES string of the molecule is O=c1cc(C2CC(Nc3ncnc4nc[nH]c34)C2)nc(N2CCCC2)[nH]1. The summed E-state index contributed by atoms with van der Waals surface area (Å²) in [5, 5.41) is 3.45. The van der Waals surface area contributed by atoms with Crippen molar-refractivity contribution in [3.05, 3.63) is 34.8 Å². The van der Waals surface area contributed by atoms with E-state index in [4.69, 9.17) is 4.98 Å². The highest BCUT2D eigenvalue weighted by atomic mass is 16.1. The first-order valence-electron chi connectivity index (χ1n) is 9.03. The van der Waals surface area contributed by atoms with Gasteiger partial charge in [-0.3, -0.25) is 9.78 Å². The molecule has 3 aromatic rings. The summed E-state index contributed by atoms with van der Waals surface area (Å²) in [5.74, 6) is 1.79. The molecular formula is C17H20N8O. The Labute approximate surface area is 149 Å². The molecule has 0 radical (unpaired) electrons. The third-order valence-corrected chi connectivity index (χ3v) is 5.27. The molecule has 2 aliphatic rings. The smallest absolute Gasteiger partial charge is 0.252 e. The molecule has 0 unspecified atom stereocenters. The van der Waals surface area contributed by atoms with Gasteiger partial charge in [0.15, 0.2) is 11.5 Å². The van der Waals surface area contributed by atoms with Crippen molar-refractivity contribution in [1.82, 2.24) is 29.9 Å². The van der Waals surface area contributed by atoms with Crippen molar-refractivity contribution < 1.29 is 0 Å². The molecule has 134 valence electrons. The topological polar surface area (TPSA) is 115 Å². The fourth-order valence-electron chi connectivity index (χ4n) is 3.80. The van der Waals surface area contributed by atoms with Crippen molar-refractivity contribution in [1.29, 1.82) is 0 Å². The number of aromatic nitrogens is 6. The van der Waals surface area contributed by atoms with E-state index < -0.39 is 0 Å². The standard InChI is InChI=1S/C17H20N8O/c26-13-7-12(23-17(24-13)25-3-1-2-4-25)10-5-11(6-10)22-16-14-15(19-8-18-14)20-9-21-16/h7-11H,1-6H2,(H,23,24,26)(H2,18,19,20,21,22). The van der Waals surface area contributed by atoms with Crippen LogP contribution in [0.1, 0.15) is 37.3 Å². The maximum atomic E-state index is 12.0. The Bertz CT molecular complexity index is 984. The molecule has 1 aliphatic heterocycles. The molecular weight excluding hydrogens is 332 g/mol. The summed E-state index contributed by atoms with van der Waals surface area (Å²) >= 11 is 0. The van der Waals surface area contributed by atoms with Crippen LogP contribution in [-0.4, -0.2) is 49.0 Å². The largest absolute Gasteiger partial charge is 0.365 e. The van der Waals surface area contributed by atoms with E-state index in [1.807, 2.05) is 0 Å². The summed E-state index contributed by atoms with van der Waals surface area (Å²) in [6, 6.07) is 1.94. The summed E-state index contributed by atoms with van der Waals surface area (Å²) in [6.07, 6.45) is 7.30. The Morgan fingerprint density at radius 2 is 2.00 bits per heavy atom. The highest BCUT2D eigenvalue weighted by Gasteiger charge is 2.33. The van der Waals surface area contributed by atoms with Gasteiger partial charge in [-0.25, -0.2) is 19.9 Å².